The van der Waals surface area contributed by atoms with E-state index in [4.69, 9.17) is 4.74 Å². The van der Waals surface area contributed by atoms with E-state index < -0.39 is 11.9 Å². The number of amides is 3. The van der Waals surface area contributed by atoms with Gasteiger partial charge in [0.25, 0.3) is 0 Å². The lowest BCUT2D eigenvalue weighted by Crippen LogP contribution is -2.31. The third-order valence-electron chi connectivity index (χ3n) is 6.91. The molecule has 3 atom stereocenters. The highest BCUT2D eigenvalue weighted by Gasteiger charge is 2.48. The first kappa shape index (κ1) is 21.4. The molecule has 0 unspecified atom stereocenters. The van der Waals surface area contributed by atoms with Crippen LogP contribution in [0.1, 0.15) is 37.7 Å². The molecule has 7 nitrogen and oxygen atoms in total. The number of rotatable bonds is 4. The topological polar surface area (TPSA) is 84.0 Å². The maximum atomic E-state index is 12.9. The fourth-order valence-electron chi connectivity index (χ4n) is 5.21. The number of esters is 1. The van der Waals surface area contributed by atoms with Gasteiger partial charge in [0.05, 0.1) is 23.4 Å². The summed E-state index contributed by atoms with van der Waals surface area (Å²) in [7, 11) is 0. The van der Waals surface area contributed by atoms with Crippen molar-refractivity contribution in [2.75, 3.05) is 16.3 Å². The lowest BCUT2D eigenvalue weighted by molar-refractivity contribution is -0.139. The summed E-state index contributed by atoms with van der Waals surface area (Å²) in [4.78, 5) is 53.9. The normalized spacial score (nSPS) is 24.9. The van der Waals surface area contributed by atoms with Crippen LogP contribution in [0.25, 0.3) is 0 Å². The van der Waals surface area contributed by atoms with Gasteiger partial charge in [0.1, 0.15) is 5.75 Å². The van der Waals surface area contributed by atoms with E-state index in [0.717, 1.165) is 36.9 Å². The van der Waals surface area contributed by atoms with Crippen LogP contribution in [0, 0.1) is 24.7 Å². The SMILES string of the molecule is Cc1cccc(N2C[C@H](C(=O)Oc3cccc(N4C(=O)[C@H]5CCCC[C@H]5C4=O)c3)CC2=O)c1. The zero-order valence-corrected chi connectivity index (χ0v) is 18.5. The van der Waals surface area contributed by atoms with E-state index in [1.54, 1.807) is 29.2 Å². The van der Waals surface area contributed by atoms with Crippen LogP contribution in [-0.2, 0) is 19.2 Å². The van der Waals surface area contributed by atoms with Gasteiger partial charge in [-0.15, -0.1) is 0 Å². The highest BCUT2D eigenvalue weighted by Crippen LogP contribution is 2.40. The summed E-state index contributed by atoms with van der Waals surface area (Å²) in [5, 5.41) is 0. The molecule has 0 bridgehead atoms. The number of ether oxygens (including phenoxy) is 1. The van der Waals surface area contributed by atoms with Crippen LogP contribution in [0.4, 0.5) is 11.4 Å². The predicted molar refractivity (Wildman–Crippen MR) is 122 cm³/mol. The number of hydrogen-bond acceptors (Lipinski definition) is 5. The molecule has 3 fully saturated rings. The van der Waals surface area contributed by atoms with Gasteiger partial charge < -0.3 is 9.64 Å². The molecule has 0 N–H and O–H groups in total. The standard InChI is InChI=1S/C26H26N2O5/c1-16-6-4-7-18(12-16)27-15-17(13-23(27)29)26(32)33-20-9-5-8-19(14-20)28-24(30)21-10-2-3-11-22(21)25(28)31/h4-9,12,14,17,21-22H,2-3,10-11,13,15H2,1H3/t17-,21-,22+/m1/s1. The van der Waals surface area contributed by atoms with E-state index in [1.807, 2.05) is 31.2 Å². The molecular formula is C26H26N2O5. The van der Waals surface area contributed by atoms with E-state index in [1.165, 1.54) is 4.90 Å². The monoisotopic (exact) mass is 446 g/mol. The molecule has 33 heavy (non-hydrogen) atoms. The van der Waals surface area contributed by atoms with E-state index >= 15 is 0 Å². The van der Waals surface area contributed by atoms with Gasteiger partial charge in [0, 0.05) is 24.7 Å². The van der Waals surface area contributed by atoms with Gasteiger partial charge in [-0.3, -0.25) is 19.2 Å². The van der Waals surface area contributed by atoms with E-state index in [-0.39, 0.29) is 48.3 Å². The van der Waals surface area contributed by atoms with Gasteiger partial charge >= 0.3 is 5.97 Å². The third kappa shape index (κ3) is 3.92. The Kier molecular flexibility index (Phi) is 5.48. The van der Waals surface area contributed by atoms with Crippen LogP contribution < -0.4 is 14.5 Å². The summed E-state index contributed by atoms with van der Waals surface area (Å²) in [6.45, 7) is 2.21. The van der Waals surface area contributed by atoms with Crippen LogP contribution in [0.15, 0.2) is 48.5 Å². The number of carbonyl (C=O) groups is 4. The molecule has 2 aliphatic heterocycles. The Labute approximate surface area is 192 Å². The molecule has 3 aliphatic rings. The first-order chi connectivity index (χ1) is 15.9. The average molecular weight is 447 g/mol. The number of imide groups is 1. The van der Waals surface area contributed by atoms with Gasteiger partial charge in [-0.25, -0.2) is 4.90 Å². The Bertz CT molecular complexity index is 1120. The summed E-state index contributed by atoms with van der Waals surface area (Å²) < 4.78 is 5.58. The molecule has 170 valence electrons. The molecule has 7 heteroatoms. The molecule has 0 aromatic heterocycles. The molecule has 5 rings (SSSR count). The van der Waals surface area contributed by atoms with E-state index in [0.29, 0.717) is 5.69 Å². The first-order valence-corrected chi connectivity index (χ1v) is 11.5. The Morgan fingerprint density at radius 3 is 2.27 bits per heavy atom. The molecule has 2 aromatic rings. The van der Waals surface area contributed by atoms with Gasteiger partial charge in [-0.05, 0) is 49.6 Å². The molecule has 0 spiro atoms. The van der Waals surface area contributed by atoms with Crippen molar-refractivity contribution < 1.29 is 23.9 Å². The van der Waals surface area contributed by atoms with Crippen molar-refractivity contribution in [1.29, 1.82) is 0 Å². The fourth-order valence-corrected chi connectivity index (χ4v) is 5.21. The van der Waals surface area contributed by atoms with E-state index in [2.05, 4.69) is 0 Å². The number of benzene rings is 2. The molecule has 2 aromatic carbocycles. The Morgan fingerprint density at radius 2 is 1.58 bits per heavy atom. The van der Waals surface area contributed by atoms with Crippen molar-refractivity contribution in [3.05, 3.63) is 54.1 Å². The second-order valence-corrected chi connectivity index (χ2v) is 9.17. The second-order valence-electron chi connectivity index (χ2n) is 9.17. The van der Waals surface area contributed by atoms with Gasteiger partial charge in [-0.2, -0.15) is 0 Å². The molecule has 1 aliphatic carbocycles. The molecule has 1 saturated carbocycles. The first-order valence-electron chi connectivity index (χ1n) is 11.5. The Hall–Kier alpha value is -3.48. The van der Waals surface area contributed by atoms with Crippen molar-refractivity contribution in [2.45, 2.75) is 39.0 Å². The summed E-state index contributed by atoms with van der Waals surface area (Å²) in [6.07, 6.45) is 3.50. The van der Waals surface area contributed by atoms with Crippen molar-refractivity contribution in [1.82, 2.24) is 0 Å². The minimum absolute atomic E-state index is 0.0823. The number of fused-ring (bicyclic) bond motifs is 1. The van der Waals surface area contributed by atoms with Crippen LogP contribution >= 0.6 is 0 Å². The predicted octanol–water partition coefficient (Wildman–Crippen LogP) is 3.63. The number of nitrogens with zero attached hydrogens (tertiary/aromatic N) is 2. The highest BCUT2D eigenvalue weighted by atomic mass is 16.5. The van der Waals surface area contributed by atoms with E-state index in [9.17, 15) is 19.2 Å². The second kappa shape index (κ2) is 8.46. The van der Waals surface area contributed by atoms with Crippen LogP contribution in [0.3, 0.4) is 0 Å². The van der Waals surface area contributed by atoms with Gasteiger partial charge in [0.2, 0.25) is 17.7 Å². The highest BCUT2D eigenvalue weighted by molar-refractivity contribution is 6.22. The number of carbonyl (C=O) groups excluding carboxylic acids is 4. The summed E-state index contributed by atoms with van der Waals surface area (Å²) in [5.74, 6) is -1.75. The average Bonchev–Trinajstić information content (AvgIpc) is 3.32. The molecule has 2 heterocycles. The summed E-state index contributed by atoms with van der Waals surface area (Å²) in [5.41, 5.74) is 2.23. The van der Waals surface area contributed by atoms with Crippen molar-refractivity contribution in [3.8, 4) is 5.75 Å². The third-order valence-corrected chi connectivity index (χ3v) is 6.91. The van der Waals surface area contributed by atoms with Crippen LogP contribution in [0.2, 0.25) is 0 Å². The van der Waals surface area contributed by atoms with Crippen LogP contribution in [0.5, 0.6) is 5.75 Å². The molecule has 3 amide bonds. The molecule has 0 radical (unpaired) electrons. The lowest BCUT2D eigenvalue weighted by Gasteiger charge is -2.19. The summed E-state index contributed by atoms with van der Waals surface area (Å²) >= 11 is 0. The Morgan fingerprint density at radius 1 is 0.909 bits per heavy atom. The Balaban J connectivity index is 1.29. The van der Waals surface area contributed by atoms with Crippen molar-refractivity contribution in [3.63, 3.8) is 0 Å². The van der Waals surface area contributed by atoms with Gasteiger partial charge in [0.15, 0.2) is 0 Å². The molecule has 2 saturated heterocycles. The lowest BCUT2D eigenvalue weighted by atomic mass is 9.81. The van der Waals surface area contributed by atoms with Crippen LogP contribution in [-0.4, -0.2) is 30.2 Å². The minimum atomic E-state index is -0.584. The molecular weight excluding hydrogens is 420 g/mol. The number of anilines is 2. The minimum Gasteiger partial charge on any atom is -0.426 e. The summed E-state index contributed by atoms with van der Waals surface area (Å²) in [6, 6.07) is 14.1. The zero-order chi connectivity index (χ0) is 23.1. The van der Waals surface area contributed by atoms with Crippen molar-refractivity contribution >= 4 is 35.1 Å². The maximum absolute atomic E-state index is 12.9. The zero-order valence-electron chi connectivity index (χ0n) is 18.5. The quantitative estimate of drug-likeness (QED) is 0.407. The number of hydrogen-bond donors (Lipinski definition) is 0. The smallest absolute Gasteiger partial charge is 0.316 e. The van der Waals surface area contributed by atoms with Gasteiger partial charge in [-0.1, -0.05) is 31.0 Å². The van der Waals surface area contributed by atoms with Crippen molar-refractivity contribution in [2.24, 2.45) is 17.8 Å². The maximum Gasteiger partial charge on any atom is 0.316 e. The fraction of sp³-hybridized carbons (Fsp3) is 0.385. The number of aryl methyl sites for hydroxylation is 1. The largest absolute Gasteiger partial charge is 0.426 e.